The molecule has 31 heavy (non-hydrogen) atoms. The van der Waals surface area contributed by atoms with E-state index in [2.05, 4.69) is 4.90 Å². The van der Waals surface area contributed by atoms with E-state index in [1.165, 1.54) is 0 Å². The van der Waals surface area contributed by atoms with Crippen molar-refractivity contribution in [1.82, 2.24) is 9.47 Å². The van der Waals surface area contributed by atoms with Crippen LogP contribution in [0.25, 0.3) is 0 Å². The van der Waals surface area contributed by atoms with Gasteiger partial charge in [0.1, 0.15) is 5.75 Å². The van der Waals surface area contributed by atoms with Gasteiger partial charge in [-0.3, -0.25) is 14.5 Å². The number of likely N-dealkylation sites (tertiary alicyclic amines) is 1. The molecule has 1 aromatic heterocycles. The molecule has 1 unspecified atom stereocenters. The van der Waals surface area contributed by atoms with Crippen molar-refractivity contribution in [2.75, 3.05) is 26.0 Å². The predicted molar refractivity (Wildman–Crippen MR) is 124 cm³/mol. The molecule has 1 saturated heterocycles. The minimum absolute atomic E-state index is 0.0265. The number of piperidine rings is 1. The van der Waals surface area contributed by atoms with Crippen molar-refractivity contribution in [1.29, 1.82) is 0 Å². The lowest BCUT2D eigenvalue weighted by Crippen LogP contribution is -2.42. The zero-order valence-electron chi connectivity index (χ0n) is 18.8. The van der Waals surface area contributed by atoms with Crippen molar-refractivity contribution < 1.29 is 14.6 Å². The Balaban J connectivity index is 2.02. The molecule has 0 radical (unpaired) electrons. The van der Waals surface area contributed by atoms with Crippen LogP contribution in [0.2, 0.25) is 0 Å². The van der Waals surface area contributed by atoms with Gasteiger partial charge in [-0.2, -0.15) is 0 Å². The molecule has 3 rings (SSSR count). The molecule has 1 aliphatic rings. The van der Waals surface area contributed by atoms with Crippen LogP contribution >= 0.6 is 11.8 Å². The molecule has 6 nitrogen and oxygen atoms in total. The van der Waals surface area contributed by atoms with Gasteiger partial charge in [-0.1, -0.05) is 12.1 Å². The molecule has 1 fully saturated rings. The van der Waals surface area contributed by atoms with Crippen LogP contribution in [0.15, 0.2) is 40.0 Å². The van der Waals surface area contributed by atoms with Gasteiger partial charge in [0, 0.05) is 17.1 Å². The quantitative estimate of drug-likeness (QED) is 0.515. The fourth-order valence-corrected chi connectivity index (χ4v) is 4.83. The van der Waals surface area contributed by atoms with E-state index in [9.17, 15) is 14.7 Å². The standard InChI is InChI=1S/C24H32N2O4S/c1-5-26-16(3)15-20(27)21(23(26)28)22(17-7-9-19(31-4)10-8-17)25-13-11-18(12-14-25)24(29)30-6-2/h7-10,15,18,22,27H,5-6,11-14H2,1-4H3. The van der Waals surface area contributed by atoms with E-state index in [1.54, 1.807) is 22.4 Å². The normalized spacial score (nSPS) is 16.3. The number of carbonyl (C=O) groups is 1. The van der Waals surface area contributed by atoms with Crippen LogP contribution in [0.3, 0.4) is 0 Å². The average molecular weight is 445 g/mol. The van der Waals surface area contributed by atoms with E-state index in [4.69, 9.17) is 4.74 Å². The van der Waals surface area contributed by atoms with Gasteiger partial charge >= 0.3 is 5.97 Å². The molecular formula is C24H32N2O4S. The third-order valence-electron chi connectivity index (χ3n) is 6.06. The van der Waals surface area contributed by atoms with Crippen LogP contribution in [0.1, 0.15) is 49.6 Å². The van der Waals surface area contributed by atoms with E-state index in [0.29, 0.717) is 44.6 Å². The Morgan fingerprint density at radius 1 is 1.23 bits per heavy atom. The van der Waals surface area contributed by atoms with E-state index in [-0.39, 0.29) is 29.2 Å². The Bertz CT molecular complexity index is 963. The Kier molecular flexibility index (Phi) is 7.84. The number of aromatic nitrogens is 1. The summed E-state index contributed by atoms with van der Waals surface area (Å²) in [5, 5.41) is 10.8. The van der Waals surface area contributed by atoms with Gasteiger partial charge < -0.3 is 14.4 Å². The molecule has 168 valence electrons. The van der Waals surface area contributed by atoms with Crippen molar-refractivity contribution >= 4 is 17.7 Å². The van der Waals surface area contributed by atoms with Gasteiger partial charge in [-0.25, -0.2) is 0 Å². The molecule has 1 N–H and O–H groups in total. The molecule has 2 heterocycles. The first-order valence-electron chi connectivity index (χ1n) is 10.9. The molecule has 0 saturated carbocycles. The van der Waals surface area contributed by atoms with Crippen molar-refractivity contribution in [3.8, 4) is 5.75 Å². The number of rotatable bonds is 7. The molecule has 0 bridgehead atoms. The number of ether oxygens (including phenoxy) is 1. The maximum atomic E-state index is 13.4. The lowest BCUT2D eigenvalue weighted by molar-refractivity contribution is -0.149. The maximum Gasteiger partial charge on any atom is 0.309 e. The summed E-state index contributed by atoms with van der Waals surface area (Å²) in [7, 11) is 0. The van der Waals surface area contributed by atoms with Gasteiger partial charge in [-0.05, 0) is 76.7 Å². The summed E-state index contributed by atoms with van der Waals surface area (Å²) in [6, 6.07) is 9.45. The van der Waals surface area contributed by atoms with Gasteiger partial charge in [0.05, 0.1) is 24.1 Å². The highest BCUT2D eigenvalue weighted by atomic mass is 32.2. The molecular weight excluding hydrogens is 412 g/mol. The first kappa shape index (κ1) is 23.4. The molecule has 1 aromatic carbocycles. The monoisotopic (exact) mass is 444 g/mol. The van der Waals surface area contributed by atoms with Gasteiger partial charge in [0.2, 0.25) is 0 Å². The second kappa shape index (κ2) is 10.4. The Morgan fingerprint density at radius 3 is 2.42 bits per heavy atom. The number of thioether (sulfide) groups is 1. The number of hydrogen-bond donors (Lipinski definition) is 1. The van der Waals surface area contributed by atoms with E-state index < -0.39 is 0 Å². The number of benzene rings is 1. The fraction of sp³-hybridized carbons (Fsp3) is 0.500. The summed E-state index contributed by atoms with van der Waals surface area (Å²) < 4.78 is 6.90. The summed E-state index contributed by atoms with van der Waals surface area (Å²) in [5.41, 5.74) is 1.95. The summed E-state index contributed by atoms with van der Waals surface area (Å²) in [6.45, 7) is 7.82. The third kappa shape index (κ3) is 4.99. The zero-order chi connectivity index (χ0) is 22.5. The average Bonchev–Trinajstić information content (AvgIpc) is 2.77. The summed E-state index contributed by atoms with van der Waals surface area (Å²) >= 11 is 1.66. The van der Waals surface area contributed by atoms with Crippen molar-refractivity contribution in [2.24, 2.45) is 5.92 Å². The Morgan fingerprint density at radius 2 is 1.87 bits per heavy atom. The minimum Gasteiger partial charge on any atom is -0.507 e. The lowest BCUT2D eigenvalue weighted by atomic mass is 9.91. The zero-order valence-corrected chi connectivity index (χ0v) is 19.6. The van der Waals surface area contributed by atoms with Crippen LogP contribution in [-0.2, 0) is 16.1 Å². The molecule has 1 atom stereocenters. The summed E-state index contributed by atoms with van der Waals surface area (Å²) in [5.74, 6) is -0.233. The van der Waals surface area contributed by atoms with Crippen LogP contribution < -0.4 is 5.56 Å². The smallest absolute Gasteiger partial charge is 0.309 e. The first-order chi connectivity index (χ1) is 14.9. The van der Waals surface area contributed by atoms with Gasteiger partial charge in [0.15, 0.2) is 0 Å². The SMILES string of the molecule is CCOC(=O)C1CCN(C(c2ccc(SC)cc2)c2c(O)cc(C)n(CC)c2=O)CC1. The van der Waals surface area contributed by atoms with Crippen molar-refractivity contribution in [3.63, 3.8) is 0 Å². The van der Waals surface area contributed by atoms with Crippen molar-refractivity contribution in [2.45, 2.75) is 51.1 Å². The molecule has 1 aliphatic heterocycles. The number of pyridine rings is 1. The van der Waals surface area contributed by atoms with Crippen LogP contribution in [-0.4, -0.2) is 46.5 Å². The molecule has 0 amide bonds. The van der Waals surface area contributed by atoms with E-state index in [1.807, 2.05) is 51.3 Å². The maximum absolute atomic E-state index is 13.4. The lowest BCUT2D eigenvalue weighted by Gasteiger charge is -2.37. The number of esters is 1. The predicted octanol–water partition coefficient (Wildman–Crippen LogP) is 3.97. The fourth-order valence-electron chi connectivity index (χ4n) is 4.42. The number of carbonyl (C=O) groups excluding carboxylic acids is 1. The summed E-state index contributed by atoms with van der Waals surface area (Å²) in [6.07, 6.45) is 3.37. The number of aryl methyl sites for hydroxylation is 1. The largest absolute Gasteiger partial charge is 0.507 e. The minimum atomic E-state index is -0.370. The second-order valence-electron chi connectivity index (χ2n) is 7.87. The second-order valence-corrected chi connectivity index (χ2v) is 8.75. The molecule has 0 spiro atoms. The highest BCUT2D eigenvalue weighted by Gasteiger charge is 2.34. The highest BCUT2D eigenvalue weighted by Crippen LogP contribution is 2.36. The van der Waals surface area contributed by atoms with Crippen LogP contribution in [0, 0.1) is 12.8 Å². The summed E-state index contributed by atoms with van der Waals surface area (Å²) in [4.78, 5) is 28.9. The third-order valence-corrected chi connectivity index (χ3v) is 6.80. The number of hydrogen-bond acceptors (Lipinski definition) is 6. The van der Waals surface area contributed by atoms with E-state index >= 15 is 0 Å². The molecule has 0 aliphatic carbocycles. The Labute approximate surface area is 188 Å². The Hall–Kier alpha value is -2.25. The van der Waals surface area contributed by atoms with Gasteiger partial charge in [-0.15, -0.1) is 11.8 Å². The number of aromatic hydroxyl groups is 1. The van der Waals surface area contributed by atoms with Crippen LogP contribution in [0.5, 0.6) is 5.75 Å². The topological polar surface area (TPSA) is 71.8 Å². The van der Waals surface area contributed by atoms with Gasteiger partial charge in [0.25, 0.3) is 5.56 Å². The molecule has 7 heteroatoms. The molecule has 2 aromatic rings. The van der Waals surface area contributed by atoms with E-state index in [0.717, 1.165) is 16.2 Å². The highest BCUT2D eigenvalue weighted by molar-refractivity contribution is 7.98. The van der Waals surface area contributed by atoms with Crippen molar-refractivity contribution in [3.05, 3.63) is 57.5 Å². The first-order valence-corrected chi connectivity index (χ1v) is 12.1. The number of nitrogens with zero attached hydrogens (tertiary/aromatic N) is 2. The van der Waals surface area contributed by atoms with Crippen LogP contribution in [0.4, 0.5) is 0 Å².